The highest BCUT2D eigenvalue weighted by molar-refractivity contribution is 9.10. The van der Waals surface area contributed by atoms with Gasteiger partial charge >= 0.3 is 0 Å². The summed E-state index contributed by atoms with van der Waals surface area (Å²) in [7, 11) is 0. The van der Waals surface area contributed by atoms with E-state index >= 15 is 0 Å². The van der Waals surface area contributed by atoms with Crippen molar-refractivity contribution >= 4 is 33.2 Å². The number of anilines is 2. The van der Waals surface area contributed by atoms with Gasteiger partial charge in [0.2, 0.25) is 5.91 Å². The molecule has 0 radical (unpaired) electrons. The summed E-state index contributed by atoms with van der Waals surface area (Å²) in [6, 6.07) is 11.8. The van der Waals surface area contributed by atoms with E-state index < -0.39 is 0 Å². The van der Waals surface area contributed by atoms with Crippen LogP contribution in [-0.4, -0.2) is 12.5 Å². The van der Waals surface area contributed by atoms with Crippen molar-refractivity contribution in [2.75, 3.05) is 17.2 Å². The third kappa shape index (κ3) is 4.86. The Hall–Kier alpha value is -1.88. The summed E-state index contributed by atoms with van der Waals surface area (Å²) in [6.07, 6.45) is 0.312. The molecule has 5 heteroatoms. The van der Waals surface area contributed by atoms with Crippen LogP contribution < -0.4 is 10.6 Å². The average molecular weight is 351 g/mol. The lowest BCUT2D eigenvalue weighted by Gasteiger charge is -2.10. The van der Waals surface area contributed by atoms with Crippen molar-refractivity contribution in [3.8, 4) is 0 Å². The Kier molecular flexibility index (Phi) is 5.33. The SMILES string of the molecule is Cc1cc(Br)ccc1NCCC(=O)Nc1cccc(F)c1. The van der Waals surface area contributed by atoms with Gasteiger partial charge in [0.05, 0.1) is 0 Å². The molecule has 2 aromatic carbocycles. The van der Waals surface area contributed by atoms with Gasteiger partial charge in [-0.15, -0.1) is 0 Å². The maximum absolute atomic E-state index is 13.0. The summed E-state index contributed by atoms with van der Waals surface area (Å²) >= 11 is 3.41. The molecular formula is C16H16BrFN2O. The van der Waals surface area contributed by atoms with Gasteiger partial charge in [0.1, 0.15) is 5.82 Å². The Balaban J connectivity index is 1.81. The van der Waals surface area contributed by atoms with Gasteiger partial charge in [-0.1, -0.05) is 22.0 Å². The predicted molar refractivity (Wildman–Crippen MR) is 87.0 cm³/mol. The van der Waals surface area contributed by atoms with E-state index in [1.807, 2.05) is 25.1 Å². The summed E-state index contributed by atoms with van der Waals surface area (Å²) in [5.74, 6) is -0.515. The fraction of sp³-hybridized carbons (Fsp3) is 0.188. The number of hydrogen-bond acceptors (Lipinski definition) is 2. The molecule has 0 aliphatic heterocycles. The Labute approximate surface area is 131 Å². The van der Waals surface area contributed by atoms with Crippen molar-refractivity contribution in [2.24, 2.45) is 0 Å². The first kappa shape index (κ1) is 15.5. The van der Waals surface area contributed by atoms with Crippen molar-refractivity contribution in [2.45, 2.75) is 13.3 Å². The zero-order valence-corrected chi connectivity index (χ0v) is 13.2. The van der Waals surface area contributed by atoms with Gasteiger partial charge in [-0.05, 0) is 48.9 Å². The van der Waals surface area contributed by atoms with Crippen LogP contribution in [0.5, 0.6) is 0 Å². The molecule has 0 spiro atoms. The maximum Gasteiger partial charge on any atom is 0.226 e. The van der Waals surface area contributed by atoms with Crippen LogP contribution in [0.15, 0.2) is 46.9 Å². The highest BCUT2D eigenvalue weighted by atomic mass is 79.9. The molecule has 0 aliphatic rings. The highest BCUT2D eigenvalue weighted by Crippen LogP contribution is 2.19. The second kappa shape index (κ2) is 7.22. The van der Waals surface area contributed by atoms with E-state index in [1.54, 1.807) is 12.1 Å². The molecule has 110 valence electrons. The van der Waals surface area contributed by atoms with Gasteiger partial charge in [0.15, 0.2) is 0 Å². The Morgan fingerprint density at radius 3 is 2.76 bits per heavy atom. The second-order valence-electron chi connectivity index (χ2n) is 4.69. The van der Waals surface area contributed by atoms with E-state index in [0.29, 0.717) is 18.7 Å². The predicted octanol–water partition coefficient (Wildman–Crippen LogP) is 4.34. The van der Waals surface area contributed by atoms with Crippen molar-refractivity contribution in [3.63, 3.8) is 0 Å². The highest BCUT2D eigenvalue weighted by Gasteiger charge is 2.04. The summed E-state index contributed by atoms with van der Waals surface area (Å²) in [5.41, 5.74) is 2.58. The third-order valence-corrected chi connectivity index (χ3v) is 3.46. The molecule has 0 saturated carbocycles. The topological polar surface area (TPSA) is 41.1 Å². The van der Waals surface area contributed by atoms with Crippen LogP contribution in [-0.2, 0) is 4.79 Å². The second-order valence-corrected chi connectivity index (χ2v) is 5.61. The summed E-state index contributed by atoms with van der Waals surface area (Å²) in [4.78, 5) is 11.8. The number of carbonyl (C=O) groups excluding carboxylic acids is 1. The lowest BCUT2D eigenvalue weighted by Crippen LogP contribution is -2.16. The summed E-state index contributed by atoms with van der Waals surface area (Å²) < 4.78 is 14.0. The first-order valence-corrected chi connectivity index (χ1v) is 7.39. The number of nitrogens with one attached hydrogen (secondary N) is 2. The molecular weight excluding hydrogens is 335 g/mol. The van der Waals surface area contributed by atoms with Gasteiger partial charge in [-0.2, -0.15) is 0 Å². The fourth-order valence-corrected chi connectivity index (χ4v) is 2.40. The average Bonchev–Trinajstić information content (AvgIpc) is 2.41. The summed E-state index contributed by atoms with van der Waals surface area (Å²) in [6.45, 7) is 2.52. The number of hydrogen-bond donors (Lipinski definition) is 2. The van der Waals surface area contributed by atoms with E-state index in [-0.39, 0.29) is 11.7 Å². The Morgan fingerprint density at radius 2 is 2.05 bits per heavy atom. The molecule has 0 aliphatic carbocycles. The first-order valence-electron chi connectivity index (χ1n) is 6.60. The molecule has 3 nitrogen and oxygen atoms in total. The molecule has 1 amide bonds. The van der Waals surface area contributed by atoms with Crippen molar-refractivity contribution in [3.05, 3.63) is 58.3 Å². The van der Waals surface area contributed by atoms with Gasteiger partial charge in [0.25, 0.3) is 0 Å². The third-order valence-electron chi connectivity index (χ3n) is 2.96. The standard InChI is InChI=1S/C16H16BrFN2O/c1-11-9-12(17)5-6-15(11)19-8-7-16(21)20-14-4-2-3-13(18)10-14/h2-6,9-10,19H,7-8H2,1H3,(H,20,21). The minimum Gasteiger partial charge on any atom is -0.384 e. The number of aryl methyl sites for hydroxylation is 1. The molecule has 0 atom stereocenters. The van der Waals surface area contributed by atoms with Crippen LogP contribution in [0.2, 0.25) is 0 Å². The van der Waals surface area contributed by atoms with Crippen molar-refractivity contribution in [1.29, 1.82) is 0 Å². The number of rotatable bonds is 5. The molecule has 0 bridgehead atoms. The van der Waals surface area contributed by atoms with Crippen LogP contribution >= 0.6 is 15.9 Å². The van der Waals surface area contributed by atoms with Gasteiger partial charge < -0.3 is 10.6 Å². The van der Waals surface area contributed by atoms with Gasteiger partial charge in [-0.25, -0.2) is 4.39 Å². The molecule has 21 heavy (non-hydrogen) atoms. The maximum atomic E-state index is 13.0. The molecule has 2 aromatic rings. The van der Waals surface area contributed by atoms with Crippen LogP contribution in [0.3, 0.4) is 0 Å². The van der Waals surface area contributed by atoms with E-state index in [9.17, 15) is 9.18 Å². The fourth-order valence-electron chi connectivity index (χ4n) is 1.93. The molecule has 0 saturated heterocycles. The Morgan fingerprint density at radius 1 is 1.24 bits per heavy atom. The number of halogens is 2. The smallest absolute Gasteiger partial charge is 0.226 e. The largest absolute Gasteiger partial charge is 0.384 e. The minimum atomic E-state index is -0.364. The van der Waals surface area contributed by atoms with E-state index in [1.165, 1.54) is 12.1 Å². The van der Waals surface area contributed by atoms with Crippen LogP contribution in [0.25, 0.3) is 0 Å². The monoisotopic (exact) mass is 350 g/mol. The number of carbonyl (C=O) groups is 1. The van der Waals surface area contributed by atoms with Crippen LogP contribution in [0.1, 0.15) is 12.0 Å². The van der Waals surface area contributed by atoms with Gasteiger partial charge in [-0.3, -0.25) is 4.79 Å². The van der Waals surface area contributed by atoms with Crippen LogP contribution in [0.4, 0.5) is 15.8 Å². The zero-order chi connectivity index (χ0) is 15.2. The molecule has 0 fully saturated rings. The van der Waals surface area contributed by atoms with E-state index in [2.05, 4.69) is 26.6 Å². The van der Waals surface area contributed by atoms with Gasteiger partial charge in [0, 0.05) is 28.8 Å². The van der Waals surface area contributed by atoms with E-state index in [4.69, 9.17) is 0 Å². The lowest BCUT2D eigenvalue weighted by atomic mass is 10.2. The quantitative estimate of drug-likeness (QED) is 0.842. The number of amides is 1. The molecule has 0 heterocycles. The summed E-state index contributed by atoms with van der Waals surface area (Å²) in [5, 5.41) is 5.88. The molecule has 2 N–H and O–H groups in total. The van der Waals surface area contributed by atoms with Crippen LogP contribution in [0, 0.1) is 12.7 Å². The molecule has 0 aromatic heterocycles. The lowest BCUT2D eigenvalue weighted by molar-refractivity contribution is -0.115. The molecule has 2 rings (SSSR count). The zero-order valence-electron chi connectivity index (χ0n) is 11.6. The molecule has 0 unspecified atom stereocenters. The normalized spacial score (nSPS) is 10.2. The minimum absolute atomic E-state index is 0.150. The van der Waals surface area contributed by atoms with E-state index in [0.717, 1.165) is 15.7 Å². The first-order chi connectivity index (χ1) is 10.0. The Bertz CT molecular complexity index is 646. The van der Waals surface area contributed by atoms with Crippen molar-refractivity contribution < 1.29 is 9.18 Å². The number of benzene rings is 2. The van der Waals surface area contributed by atoms with Crippen molar-refractivity contribution in [1.82, 2.24) is 0 Å².